The maximum atomic E-state index is 5.91. The Morgan fingerprint density at radius 1 is 1.42 bits per heavy atom. The first-order valence-electron chi connectivity index (χ1n) is 8.73. The van der Waals surface area contributed by atoms with Crippen LogP contribution in [0.1, 0.15) is 18.6 Å². The van der Waals surface area contributed by atoms with Crippen molar-refractivity contribution in [3.05, 3.63) is 36.1 Å². The van der Waals surface area contributed by atoms with Crippen LogP contribution < -0.4 is 5.32 Å². The summed E-state index contributed by atoms with van der Waals surface area (Å²) < 4.78 is 5.91. The number of hydrogen-bond donors (Lipinski definition) is 1. The normalized spacial score (nSPS) is 19.6. The second-order valence-corrected chi connectivity index (χ2v) is 6.81. The van der Waals surface area contributed by atoms with Crippen LogP contribution in [0.5, 0.6) is 0 Å². The number of furan rings is 1. The van der Waals surface area contributed by atoms with Crippen molar-refractivity contribution in [1.29, 1.82) is 0 Å². The lowest BCUT2D eigenvalue weighted by atomic mass is 9.99. The minimum atomic E-state index is 0.695. The Bertz CT molecular complexity index is 660. The molecule has 1 N–H and O–H groups in total. The number of aliphatic imine (C=N–C) groups is 1. The van der Waals surface area contributed by atoms with Gasteiger partial charge in [0.2, 0.25) is 0 Å². The topological polar surface area (TPSA) is 44.0 Å². The van der Waals surface area contributed by atoms with Crippen LogP contribution in [0.15, 0.2) is 39.7 Å². The summed E-state index contributed by atoms with van der Waals surface area (Å²) in [5.74, 6) is 2.57. The molecule has 24 heavy (non-hydrogen) atoms. The van der Waals surface area contributed by atoms with Gasteiger partial charge in [-0.25, -0.2) is 0 Å². The van der Waals surface area contributed by atoms with E-state index in [9.17, 15) is 0 Å². The first kappa shape index (κ1) is 16.8. The number of guanidine groups is 1. The van der Waals surface area contributed by atoms with Crippen LogP contribution in [0.2, 0.25) is 0 Å². The Balaban J connectivity index is 1.56. The molecule has 0 radical (unpaired) electrons. The minimum Gasteiger partial charge on any atom is -0.459 e. The highest BCUT2D eigenvalue weighted by molar-refractivity contribution is 5.80. The molecule has 1 saturated heterocycles. The fourth-order valence-corrected chi connectivity index (χ4v) is 3.48. The third-order valence-corrected chi connectivity index (χ3v) is 4.71. The SMILES string of the molecule is CN=C(NCC1CCCN(C)C1)N(C)Cc1cc2ccccc2o1. The van der Waals surface area contributed by atoms with Gasteiger partial charge in [0, 0.05) is 32.6 Å². The summed E-state index contributed by atoms with van der Waals surface area (Å²) in [7, 11) is 6.09. The second kappa shape index (κ2) is 7.71. The molecule has 1 aliphatic heterocycles. The summed E-state index contributed by atoms with van der Waals surface area (Å²) in [6.07, 6.45) is 2.58. The molecule has 1 aromatic carbocycles. The molecule has 0 bridgehead atoms. The lowest BCUT2D eigenvalue weighted by Crippen LogP contribution is -2.44. The molecule has 2 heterocycles. The van der Waals surface area contributed by atoms with E-state index < -0.39 is 0 Å². The molecule has 0 amide bonds. The van der Waals surface area contributed by atoms with E-state index in [4.69, 9.17) is 4.42 Å². The predicted octanol–water partition coefficient (Wildman–Crippen LogP) is 2.78. The van der Waals surface area contributed by atoms with Crippen LogP contribution in [-0.4, -0.2) is 56.5 Å². The van der Waals surface area contributed by atoms with Crippen molar-refractivity contribution >= 4 is 16.9 Å². The number of para-hydroxylation sites is 1. The second-order valence-electron chi connectivity index (χ2n) is 6.81. The van der Waals surface area contributed by atoms with E-state index in [2.05, 4.69) is 46.3 Å². The van der Waals surface area contributed by atoms with Crippen LogP contribution in [-0.2, 0) is 6.54 Å². The van der Waals surface area contributed by atoms with Crippen LogP contribution in [0.3, 0.4) is 0 Å². The van der Waals surface area contributed by atoms with E-state index in [0.717, 1.165) is 35.8 Å². The summed E-state index contributed by atoms with van der Waals surface area (Å²) in [4.78, 5) is 8.95. The first-order chi connectivity index (χ1) is 11.7. The Hall–Kier alpha value is -2.01. The lowest BCUT2D eigenvalue weighted by Gasteiger charge is -2.31. The van der Waals surface area contributed by atoms with Gasteiger partial charge in [0.25, 0.3) is 0 Å². The maximum absolute atomic E-state index is 5.91. The van der Waals surface area contributed by atoms with Gasteiger partial charge in [0.05, 0.1) is 6.54 Å². The summed E-state index contributed by atoms with van der Waals surface area (Å²) >= 11 is 0. The highest BCUT2D eigenvalue weighted by Crippen LogP contribution is 2.20. The standard InChI is InChI=1S/C19H28N4O/c1-20-19(21-12-15-7-6-10-22(2)13-15)23(3)14-17-11-16-8-4-5-9-18(16)24-17/h4-5,8-9,11,15H,6-7,10,12-14H2,1-3H3,(H,20,21). The van der Waals surface area contributed by atoms with E-state index in [-0.39, 0.29) is 0 Å². The smallest absolute Gasteiger partial charge is 0.193 e. The van der Waals surface area contributed by atoms with Crippen LogP contribution in [0.4, 0.5) is 0 Å². The van der Waals surface area contributed by atoms with Gasteiger partial charge in [-0.2, -0.15) is 0 Å². The Morgan fingerprint density at radius 2 is 2.25 bits per heavy atom. The monoisotopic (exact) mass is 328 g/mol. The average Bonchev–Trinajstić information content (AvgIpc) is 2.97. The summed E-state index contributed by atoms with van der Waals surface area (Å²) in [5, 5.41) is 4.67. The summed E-state index contributed by atoms with van der Waals surface area (Å²) in [5.41, 5.74) is 0.939. The highest BCUT2D eigenvalue weighted by Gasteiger charge is 2.18. The Kier molecular flexibility index (Phi) is 5.41. The molecule has 1 aromatic heterocycles. The van der Waals surface area contributed by atoms with Gasteiger partial charge in [0.15, 0.2) is 5.96 Å². The van der Waals surface area contributed by atoms with Gasteiger partial charge in [-0.1, -0.05) is 18.2 Å². The van der Waals surface area contributed by atoms with E-state index in [1.807, 2.05) is 25.2 Å². The minimum absolute atomic E-state index is 0.695. The molecule has 0 saturated carbocycles. The lowest BCUT2D eigenvalue weighted by molar-refractivity contribution is 0.209. The van der Waals surface area contributed by atoms with Crippen molar-refractivity contribution < 1.29 is 4.42 Å². The zero-order valence-electron chi connectivity index (χ0n) is 15.0. The van der Waals surface area contributed by atoms with Crippen molar-refractivity contribution in [3.8, 4) is 0 Å². The average molecular weight is 328 g/mol. The third-order valence-electron chi connectivity index (χ3n) is 4.71. The number of rotatable bonds is 4. The molecule has 130 valence electrons. The maximum Gasteiger partial charge on any atom is 0.193 e. The number of benzene rings is 1. The number of piperidine rings is 1. The first-order valence-corrected chi connectivity index (χ1v) is 8.73. The van der Waals surface area contributed by atoms with Gasteiger partial charge in [-0.15, -0.1) is 0 Å². The largest absolute Gasteiger partial charge is 0.459 e. The van der Waals surface area contributed by atoms with Crippen molar-refractivity contribution in [2.24, 2.45) is 10.9 Å². The number of fused-ring (bicyclic) bond motifs is 1. The van der Waals surface area contributed by atoms with E-state index >= 15 is 0 Å². The molecule has 1 aliphatic rings. The van der Waals surface area contributed by atoms with E-state index in [1.54, 1.807) is 0 Å². The van der Waals surface area contributed by atoms with Gasteiger partial charge >= 0.3 is 0 Å². The molecule has 1 fully saturated rings. The predicted molar refractivity (Wildman–Crippen MR) is 99.3 cm³/mol. The molecule has 0 spiro atoms. The molecule has 5 nitrogen and oxygen atoms in total. The quantitative estimate of drug-likeness (QED) is 0.692. The fourth-order valence-electron chi connectivity index (χ4n) is 3.48. The van der Waals surface area contributed by atoms with Crippen molar-refractivity contribution in [2.75, 3.05) is 40.8 Å². The zero-order valence-corrected chi connectivity index (χ0v) is 15.0. The number of hydrogen-bond acceptors (Lipinski definition) is 3. The number of likely N-dealkylation sites (tertiary alicyclic amines) is 1. The van der Waals surface area contributed by atoms with Crippen molar-refractivity contribution in [3.63, 3.8) is 0 Å². The number of nitrogens with one attached hydrogen (secondary N) is 1. The van der Waals surface area contributed by atoms with E-state index in [1.165, 1.54) is 19.4 Å². The van der Waals surface area contributed by atoms with Crippen LogP contribution in [0, 0.1) is 5.92 Å². The zero-order chi connectivity index (χ0) is 16.9. The van der Waals surface area contributed by atoms with Crippen LogP contribution >= 0.6 is 0 Å². The van der Waals surface area contributed by atoms with Gasteiger partial charge < -0.3 is 19.5 Å². The summed E-state index contributed by atoms with van der Waals surface area (Å²) in [6, 6.07) is 10.2. The van der Waals surface area contributed by atoms with Gasteiger partial charge in [0.1, 0.15) is 11.3 Å². The molecule has 1 atom stereocenters. The molecular formula is C19H28N4O. The van der Waals surface area contributed by atoms with Crippen molar-refractivity contribution in [2.45, 2.75) is 19.4 Å². The van der Waals surface area contributed by atoms with Crippen molar-refractivity contribution in [1.82, 2.24) is 15.1 Å². The third kappa shape index (κ3) is 4.09. The molecule has 0 aliphatic carbocycles. The molecule has 2 aromatic rings. The number of nitrogens with zero attached hydrogens (tertiary/aromatic N) is 3. The fraction of sp³-hybridized carbons (Fsp3) is 0.526. The van der Waals surface area contributed by atoms with Crippen LogP contribution in [0.25, 0.3) is 11.0 Å². The van der Waals surface area contributed by atoms with E-state index in [0.29, 0.717) is 12.5 Å². The Labute approximate surface area is 144 Å². The molecule has 3 rings (SSSR count). The molecule has 1 unspecified atom stereocenters. The molecule has 5 heteroatoms. The summed E-state index contributed by atoms with van der Waals surface area (Å²) in [6.45, 7) is 4.06. The Morgan fingerprint density at radius 3 is 3.00 bits per heavy atom. The van der Waals surface area contributed by atoms with Gasteiger partial charge in [-0.05, 0) is 44.5 Å². The van der Waals surface area contributed by atoms with Gasteiger partial charge in [-0.3, -0.25) is 4.99 Å². The molecular weight excluding hydrogens is 300 g/mol. The highest BCUT2D eigenvalue weighted by atomic mass is 16.3.